The summed E-state index contributed by atoms with van der Waals surface area (Å²) in [4.78, 5) is 11.0. The summed E-state index contributed by atoms with van der Waals surface area (Å²) >= 11 is 0. The first-order chi connectivity index (χ1) is 5.84. The van der Waals surface area contributed by atoms with Gasteiger partial charge in [-0.1, -0.05) is 0 Å². The Hall–Kier alpha value is -1.33. The third-order valence-electron chi connectivity index (χ3n) is 1.68. The normalized spacial score (nSPS) is 11.8. The topological polar surface area (TPSA) is 34.9 Å². The molecule has 0 amide bonds. The summed E-state index contributed by atoms with van der Waals surface area (Å²) in [7, 11) is 1.30. The molecule has 13 heavy (non-hydrogen) atoms. The van der Waals surface area contributed by atoms with Crippen molar-refractivity contribution >= 4 is 0 Å². The van der Waals surface area contributed by atoms with Crippen molar-refractivity contribution in [2.45, 2.75) is 13.1 Å². The number of aromatic nitrogens is 2. The van der Waals surface area contributed by atoms with Crippen LogP contribution in [0.2, 0.25) is 0 Å². The van der Waals surface area contributed by atoms with Gasteiger partial charge in [0, 0.05) is 12.6 Å². The van der Waals surface area contributed by atoms with Gasteiger partial charge in [-0.3, -0.25) is 4.79 Å². The molecule has 1 aromatic rings. The van der Waals surface area contributed by atoms with Crippen LogP contribution in [0.5, 0.6) is 0 Å². The highest BCUT2D eigenvalue weighted by atomic mass is 19.4. The van der Waals surface area contributed by atoms with Crippen molar-refractivity contribution in [3.05, 3.63) is 27.7 Å². The first-order valence-corrected chi connectivity index (χ1v) is 3.44. The molecule has 6 heteroatoms. The summed E-state index contributed by atoms with van der Waals surface area (Å²) in [6, 6.07) is 0. The largest absolute Gasteiger partial charge is 0.418 e. The van der Waals surface area contributed by atoms with Gasteiger partial charge in [0.1, 0.15) is 0 Å². The minimum Gasteiger partial charge on any atom is -0.268 e. The Bertz CT molecular complexity index is 380. The smallest absolute Gasteiger partial charge is 0.268 e. The molecular formula is C7H7F3N2O. The zero-order chi connectivity index (χ0) is 10.2. The van der Waals surface area contributed by atoms with E-state index in [0.29, 0.717) is 6.20 Å². The fraction of sp³-hybridized carbons (Fsp3) is 0.429. The van der Waals surface area contributed by atoms with E-state index in [1.54, 1.807) is 0 Å². The molecule has 0 aromatic carbocycles. The Kier molecular flexibility index (Phi) is 2.15. The van der Waals surface area contributed by atoms with Gasteiger partial charge in [0.25, 0.3) is 5.56 Å². The van der Waals surface area contributed by atoms with Crippen LogP contribution in [0.3, 0.4) is 0 Å². The summed E-state index contributed by atoms with van der Waals surface area (Å²) in [5.74, 6) is 0. The van der Waals surface area contributed by atoms with Crippen molar-refractivity contribution in [2.75, 3.05) is 0 Å². The number of rotatable bonds is 0. The minimum atomic E-state index is -4.51. The van der Waals surface area contributed by atoms with Crippen molar-refractivity contribution < 1.29 is 13.2 Å². The second-order valence-corrected chi connectivity index (χ2v) is 2.61. The Balaban J connectivity index is 3.44. The molecule has 1 rings (SSSR count). The monoisotopic (exact) mass is 192 g/mol. The lowest BCUT2D eigenvalue weighted by Crippen LogP contribution is -2.26. The molecule has 0 aliphatic carbocycles. The van der Waals surface area contributed by atoms with E-state index < -0.39 is 17.3 Å². The lowest BCUT2D eigenvalue weighted by Gasteiger charge is -2.08. The molecule has 0 spiro atoms. The van der Waals surface area contributed by atoms with E-state index in [0.717, 1.165) is 11.6 Å². The second kappa shape index (κ2) is 2.86. The number of hydrogen-bond donors (Lipinski definition) is 0. The predicted octanol–water partition coefficient (Wildman–Crippen LogP) is 1.11. The van der Waals surface area contributed by atoms with E-state index in [4.69, 9.17) is 0 Å². The van der Waals surface area contributed by atoms with Gasteiger partial charge in [-0.2, -0.15) is 18.3 Å². The first kappa shape index (κ1) is 9.76. The highest BCUT2D eigenvalue weighted by Crippen LogP contribution is 2.29. The lowest BCUT2D eigenvalue weighted by molar-refractivity contribution is -0.138. The van der Waals surface area contributed by atoms with Crippen molar-refractivity contribution in [3.63, 3.8) is 0 Å². The first-order valence-electron chi connectivity index (χ1n) is 3.44. The third kappa shape index (κ3) is 1.71. The average molecular weight is 192 g/mol. The lowest BCUT2D eigenvalue weighted by atomic mass is 10.2. The van der Waals surface area contributed by atoms with Gasteiger partial charge < -0.3 is 0 Å². The van der Waals surface area contributed by atoms with Gasteiger partial charge in [0.05, 0.1) is 11.8 Å². The maximum atomic E-state index is 12.2. The molecule has 1 heterocycles. The number of hydrogen-bond acceptors (Lipinski definition) is 2. The molecule has 72 valence electrons. The van der Waals surface area contributed by atoms with Crippen LogP contribution in [0.15, 0.2) is 11.0 Å². The van der Waals surface area contributed by atoms with Crippen LogP contribution in [0, 0.1) is 6.92 Å². The zero-order valence-corrected chi connectivity index (χ0v) is 7.01. The second-order valence-electron chi connectivity index (χ2n) is 2.61. The summed E-state index contributed by atoms with van der Waals surface area (Å²) in [5.41, 5.74) is -2.03. The minimum absolute atomic E-state index is 0.329. The summed E-state index contributed by atoms with van der Waals surface area (Å²) in [6.45, 7) is 1.13. The number of alkyl halides is 3. The molecule has 1 aromatic heterocycles. The van der Waals surface area contributed by atoms with Crippen LogP contribution in [0.1, 0.15) is 11.1 Å². The molecule has 0 fully saturated rings. The number of aryl methyl sites for hydroxylation is 1. The molecule has 0 bridgehead atoms. The quantitative estimate of drug-likeness (QED) is 0.617. The van der Waals surface area contributed by atoms with E-state index in [1.165, 1.54) is 7.05 Å². The van der Waals surface area contributed by atoms with E-state index >= 15 is 0 Å². The Labute approximate surface area is 71.8 Å². The van der Waals surface area contributed by atoms with Crippen LogP contribution < -0.4 is 5.56 Å². The van der Waals surface area contributed by atoms with Gasteiger partial charge in [0.2, 0.25) is 0 Å². The van der Waals surface area contributed by atoms with Crippen LogP contribution in [0.25, 0.3) is 0 Å². The number of halogens is 3. The fourth-order valence-corrected chi connectivity index (χ4v) is 0.937. The van der Waals surface area contributed by atoms with E-state index in [1.807, 2.05) is 0 Å². The molecule has 3 nitrogen and oxygen atoms in total. The molecule has 0 atom stereocenters. The standard InChI is InChI=1S/C7H7F3N2O/c1-4-5(7(8,9)10)3-11-12(2)6(4)13/h3H,1-2H3. The van der Waals surface area contributed by atoms with Crippen LogP contribution in [-0.4, -0.2) is 9.78 Å². The Morgan fingerprint density at radius 2 is 2.00 bits per heavy atom. The molecule has 0 radical (unpaired) electrons. The van der Waals surface area contributed by atoms with E-state index in [2.05, 4.69) is 5.10 Å². The molecule has 0 unspecified atom stereocenters. The fourth-order valence-electron chi connectivity index (χ4n) is 0.937. The molecular weight excluding hydrogens is 185 g/mol. The van der Waals surface area contributed by atoms with Crippen LogP contribution in [0.4, 0.5) is 13.2 Å². The summed E-state index contributed by atoms with van der Waals surface area (Å²) < 4.78 is 37.4. The summed E-state index contributed by atoms with van der Waals surface area (Å²) in [6.07, 6.45) is -3.86. The Morgan fingerprint density at radius 1 is 1.46 bits per heavy atom. The van der Waals surface area contributed by atoms with Gasteiger partial charge in [-0.05, 0) is 6.92 Å². The molecule has 0 saturated heterocycles. The molecule has 0 aliphatic heterocycles. The SMILES string of the molecule is Cc1c(C(F)(F)F)cnn(C)c1=O. The van der Waals surface area contributed by atoms with Crippen molar-refractivity contribution in [1.29, 1.82) is 0 Å². The maximum absolute atomic E-state index is 12.2. The van der Waals surface area contributed by atoms with Crippen LogP contribution >= 0.6 is 0 Å². The third-order valence-corrected chi connectivity index (χ3v) is 1.68. The van der Waals surface area contributed by atoms with Gasteiger partial charge >= 0.3 is 6.18 Å². The molecule has 0 saturated carbocycles. The maximum Gasteiger partial charge on any atom is 0.418 e. The van der Waals surface area contributed by atoms with E-state index in [9.17, 15) is 18.0 Å². The Morgan fingerprint density at radius 3 is 2.46 bits per heavy atom. The highest BCUT2D eigenvalue weighted by molar-refractivity contribution is 5.22. The zero-order valence-electron chi connectivity index (χ0n) is 7.01. The molecule has 0 aliphatic rings. The number of nitrogens with zero attached hydrogens (tertiary/aromatic N) is 2. The van der Waals surface area contributed by atoms with Crippen molar-refractivity contribution in [2.24, 2.45) is 7.05 Å². The molecule has 0 N–H and O–H groups in total. The average Bonchev–Trinajstić information content (AvgIpc) is 1.98. The van der Waals surface area contributed by atoms with Crippen molar-refractivity contribution in [3.8, 4) is 0 Å². The van der Waals surface area contributed by atoms with Gasteiger partial charge in [-0.15, -0.1) is 0 Å². The van der Waals surface area contributed by atoms with Crippen LogP contribution in [-0.2, 0) is 13.2 Å². The van der Waals surface area contributed by atoms with E-state index in [-0.39, 0.29) is 5.56 Å². The van der Waals surface area contributed by atoms with Crippen molar-refractivity contribution in [1.82, 2.24) is 9.78 Å². The highest BCUT2D eigenvalue weighted by Gasteiger charge is 2.33. The van der Waals surface area contributed by atoms with Gasteiger partial charge in [-0.25, -0.2) is 4.68 Å². The van der Waals surface area contributed by atoms with Gasteiger partial charge in [0.15, 0.2) is 0 Å². The predicted molar refractivity (Wildman–Crippen MR) is 39.2 cm³/mol. The summed E-state index contributed by atoms with van der Waals surface area (Å²) in [5, 5.41) is 3.29.